The van der Waals surface area contributed by atoms with Crippen LogP contribution in [0, 0.1) is 5.92 Å². The summed E-state index contributed by atoms with van der Waals surface area (Å²) in [4.78, 5) is 12.5. The lowest BCUT2D eigenvalue weighted by atomic mass is 9.99. The molecule has 0 saturated carbocycles. The van der Waals surface area contributed by atoms with Gasteiger partial charge in [0.15, 0.2) is 12.6 Å². The number of benzene rings is 1. The minimum absolute atomic E-state index is 0.00747. The van der Waals surface area contributed by atoms with Crippen LogP contribution in [0.1, 0.15) is 12.0 Å². The maximum atomic E-state index is 12.5. The van der Waals surface area contributed by atoms with Gasteiger partial charge in [-0.1, -0.05) is 30.3 Å². The molecule has 0 amide bonds. The van der Waals surface area contributed by atoms with Crippen LogP contribution in [0.4, 0.5) is 0 Å². The first-order chi connectivity index (χ1) is 18.2. The van der Waals surface area contributed by atoms with Gasteiger partial charge in [-0.2, -0.15) is 0 Å². The number of hydrogen-bond donors (Lipinski definition) is 8. The van der Waals surface area contributed by atoms with Gasteiger partial charge in [-0.25, -0.2) is 0 Å². The van der Waals surface area contributed by atoms with Crippen molar-refractivity contribution in [3.63, 3.8) is 0 Å². The molecule has 2 heterocycles. The predicted octanol–water partition coefficient (Wildman–Crippen LogP) is -3.63. The van der Waals surface area contributed by atoms with Gasteiger partial charge in [0.2, 0.25) is 0 Å². The normalized spacial score (nSPS) is 35.8. The molecule has 0 radical (unpaired) electrons. The molecule has 14 heteroatoms. The highest BCUT2D eigenvalue weighted by molar-refractivity contribution is 5.69. The van der Waals surface area contributed by atoms with E-state index >= 15 is 0 Å². The second-order valence-electron chi connectivity index (χ2n) is 9.28. The van der Waals surface area contributed by atoms with E-state index in [2.05, 4.69) is 0 Å². The molecule has 0 aliphatic carbocycles. The second-order valence-corrected chi connectivity index (χ2v) is 9.28. The lowest BCUT2D eigenvalue weighted by Gasteiger charge is -2.40. The molecule has 2 aliphatic rings. The number of carbonyl (C=O) groups is 1. The van der Waals surface area contributed by atoms with E-state index in [4.69, 9.17) is 23.7 Å². The highest BCUT2D eigenvalue weighted by atomic mass is 16.7. The molecule has 0 spiro atoms. The molecule has 3 rings (SSSR count). The van der Waals surface area contributed by atoms with Gasteiger partial charge in [-0.3, -0.25) is 4.79 Å². The third-order valence-electron chi connectivity index (χ3n) is 6.39. The summed E-state index contributed by atoms with van der Waals surface area (Å²) in [7, 11) is 0. The molecule has 0 aromatic heterocycles. The number of esters is 1. The van der Waals surface area contributed by atoms with Crippen LogP contribution in [0.15, 0.2) is 30.3 Å². The summed E-state index contributed by atoms with van der Waals surface area (Å²) in [6.45, 7) is -1.91. The van der Waals surface area contributed by atoms with Gasteiger partial charge < -0.3 is 64.5 Å². The number of carbonyl (C=O) groups excluding carboxylic acids is 1. The average molecular weight is 549 g/mol. The van der Waals surface area contributed by atoms with Crippen LogP contribution in [0.2, 0.25) is 0 Å². The van der Waals surface area contributed by atoms with Crippen LogP contribution >= 0.6 is 0 Å². The first kappa shape index (κ1) is 30.7. The van der Waals surface area contributed by atoms with E-state index in [0.717, 1.165) is 5.56 Å². The fourth-order valence-corrected chi connectivity index (χ4v) is 4.07. The zero-order valence-corrected chi connectivity index (χ0v) is 20.5. The molecular formula is C24H36O14. The smallest absolute Gasteiger partial charge is 0.306 e. The fourth-order valence-electron chi connectivity index (χ4n) is 4.07. The average Bonchev–Trinajstić information content (AvgIpc) is 2.93. The van der Waals surface area contributed by atoms with Crippen LogP contribution in [0.25, 0.3) is 0 Å². The summed E-state index contributed by atoms with van der Waals surface area (Å²) in [5.74, 6) is -1.42. The van der Waals surface area contributed by atoms with Crippen LogP contribution in [-0.2, 0) is 35.1 Å². The molecule has 1 aromatic rings. The van der Waals surface area contributed by atoms with E-state index in [0.29, 0.717) is 0 Å². The van der Waals surface area contributed by atoms with Crippen molar-refractivity contribution in [2.75, 3.05) is 26.4 Å². The van der Waals surface area contributed by atoms with Crippen LogP contribution in [-0.4, -0.2) is 135 Å². The van der Waals surface area contributed by atoms with E-state index < -0.39 is 86.5 Å². The third kappa shape index (κ3) is 7.88. The molecule has 2 aliphatic heterocycles. The van der Waals surface area contributed by atoms with Crippen LogP contribution in [0.5, 0.6) is 0 Å². The fraction of sp³-hybridized carbons (Fsp3) is 0.708. The van der Waals surface area contributed by atoms with Crippen molar-refractivity contribution in [1.82, 2.24) is 0 Å². The van der Waals surface area contributed by atoms with Gasteiger partial charge in [0, 0.05) is 5.92 Å². The van der Waals surface area contributed by atoms with Crippen molar-refractivity contribution < 1.29 is 69.3 Å². The molecule has 8 N–H and O–H groups in total. The van der Waals surface area contributed by atoms with Crippen molar-refractivity contribution in [3.8, 4) is 0 Å². The molecule has 2 fully saturated rings. The standard InChI is InChI=1S/C24H36O14/c25-7-14-17(28)19(30)21(32)23(37-14)35-10-13(6-16(27)34-9-12-4-2-1-3-5-12)11-36-24-22(33)20(31)18(29)15(8-26)38-24/h1-5,13-15,17-26,28-33H,6-11H2/t14-,15-,17-,18-,19+,20+,21+,22+,23+,24+/m1/s1. The van der Waals surface area contributed by atoms with E-state index in [1.165, 1.54) is 0 Å². The zero-order chi connectivity index (χ0) is 27.8. The van der Waals surface area contributed by atoms with Crippen molar-refractivity contribution in [2.45, 2.75) is 74.4 Å². The van der Waals surface area contributed by atoms with E-state index in [1.807, 2.05) is 6.07 Å². The van der Waals surface area contributed by atoms with Gasteiger partial charge in [0.1, 0.15) is 55.4 Å². The molecule has 1 aromatic carbocycles. The second kappa shape index (κ2) is 14.6. The Morgan fingerprint density at radius 1 is 0.737 bits per heavy atom. The number of aliphatic hydroxyl groups excluding tert-OH is 8. The van der Waals surface area contributed by atoms with E-state index in [1.54, 1.807) is 24.3 Å². The lowest BCUT2D eigenvalue weighted by molar-refractivity contribution is -0.312. The highest BCUT2D eigenvalue weighted by Crippen LogP contribution is 2.25. The molecule has 0 bridgehead atoms. The van der Waals surface area contributed by atoms with Crippen molar-refractivity contribution >= 4 is 5.97 Å². The van der Waals surface area contributed by atoms with E-state index in [9.17, 15) is 45.6 Å². The lowest BCUT2D eigenvalue weighted by Crippen LogP contribution is -2.59. The first-order valence-electron chi connectivity index (χ1n) is 12.2. The van der Waals surface area contributed by atoms with Gasteiger partial charge in [-0.15, -0.1) is 0 Å². The Hall–Kier alpha value is -1.79. The largest absolute Gasteiger partial charge is 0.461 e. The van der Waals surface area contributed by atoms with Crippen LogP contribution in [0.3, 0.4) is 0 Å². The Kier molecular flexibility index (Phi) is 11.8. The molecule has 14 nitrogen and oxygen atoms in total. The molecule has 38 heavy (non-hydrogen) atoms. The Morgan fingerprint density at radius 3 is 1.66 bits per heavy atom. The minimum Gasteiger partial charge on any atom is -0.461 e. The summed E-state index contributed by atoms with van der Waals surface area (Å²) < 4.78 is 27.0. The Labute approximate surface area is 218 Å². The number of hydrogen-bond acceptors (Lipinski definition) is 14. The van der Waals surface area contributed by atoms with Crippen LogP contribution < -0.4 is 0 Å². The van der Waals surface area contributed by atoms with Crippen molar-refractivity contribution in [1.29, 1.82) is 0 Å². The molecule has 10 atom stereocenters. The SMILES string of the molecule is O=C(CC(CO[C@H]1O[C@H](CO)[C@@H](O)[C@H](O)[C@@H]1O)CO[C@H]1O[C@H](CO)[C@@H](O)[C@H](O)[C@@H]1O)OCc1ccccc1. The maximum Gasteiger partial charge on any atom is 0.306 e. The Balaban J connectivity index is 1.63. The maximum absolute atomic E-state index is 12.5. The van der Waals surface area contributed by atoms with E-state index in [-0.39, 0.29) is 26.2 Å². The molecule has 216 valence electrons. The quantitative estimate of drug-likeness (QED) is 0.118. The number of aliphatic hydroxyl groups is 8. The Bertz CT molecular complexity index is 799. The predicted molar refractivity (Wildman–Crippen MR) is 124 cm³/mol. The molecular weight excluding hydrogens is 512 g/mol. The summed E-state index contributed by atoms with van der Waals surface area (Å²) >= 11 is 0. The van der Waals surface area contributed by atoms with Gasteiger partial charge in [-0.05, 0) is 5.56 Å². The summed E-state index contributed by atoms with van der Waals surface area (Å²) in [5, 5.41) is 79.0. The minimum atomic E-state index is -1.66. The zero-order valence-electron chi connectivity index (χ0n) is 20.5. The highest BCUT2D eigenvalue weighted by Gasteiger charge is 2.45. The first-order valence-corrected chi connectivity index (χ1v) is 12.2. The summed E-state index contributed by atoms with van der Waals surface area (Å²) in [6, 6.07) is 8.93. The van der Waals surface area contributed by atoms with Crippen molar-refractivity contribution in [3.05, 3.63) is 35.9 Å². The topological polar surface area (TPSA) is 225 Å². The van der Waals surface area contributed by atoms with Gasteiger partial charge in [0.05, 0.1) is 32.8 Å². The monoisotopic (exact) mass is 548 g/mol. The summed E-state index contributed by atoms with van der Waals surface area (Å²) in [6.07, 6.45) is -15.4. The molecule has 0 unspecified atom stereocenters. The number of rotatable bonds is 12. The van der Waals surface area contributed by atoms with Gasteiger partial charge in [0.25, 0.3) is 0 Å². The third-order valence-corrected chi connectivity index (χ3v) is 6.39. The van der Waals surface area contributed by atoms with Gasteiger partial charge >= 0.3 is 5.97 Å². The Morgan fingerprint density at radius 2 is 1.21 bits per heavy atom. The summed E-state index contributed by atoms with van der Waals surface area (Å²) in [5.41, 5.74) is 0.757. The number of ether oxygens (including phenoxy) is 5. The molecule has 2 saturated heterocycles. The van der Waals surface area contributed by atoms with Crippen molar-refractivity contribution in [2.24, 2.45) is 5.92 Å².